The summed E-state index contributed by atoms with van der Waals surface area (Å²) >= 11 is 1.81. The van der Waals surface area contributed by atoms with E-state index in [1.165, 1.54) is 6.07 Å². The predicted octanol–water partition coefficient (Wildman–Crippen LogP) is 3.30. The quantitative estimate of drug-likeness (QED) is 0.753. The van der Waals surface area contributed by atoms with E-state index in [1.54, 1.807) is 6.07 Å². The molecule has 0 aliphatic carbocycles. The molecular formula is C11H16FNS. The molecule has 0 saturated heterocycles. The normalized spacial score (nSPS) is 10.2. The van der Waals surface area contributed by atoms with Gasteiger partial charge in [-0.15, -0.1) is 0 Å². The maximum atomic E-state index is 13.3. The van der Waals surface area contributed by atoms with Gasteiger partial charge in [-0.1, -0.05) is 12.1 Å². The summed E-state index contributed by atoms with van der Waals surface area (Å²) in [7, 11) is 0. The smallest absolute Gasteiger partial charge is 0.146 e. The molecule has 0 aliphatic rings. The average molecular weight is 213 g/mol. The minimum atomic E-state index is -0.158. The molecule has 0 saturated carbocycles. The van der Waals surface area contributed by atoms with Crippen molar-refractivity contribution in [3.63, 3.8) is 0 Å². The van der Waals surface area contributed by atoms with Crippen molar-refractivity contribution in [3.05, 3.63) is 29.6 Å². The molecule has 1 aromatic rings. The maximum absolute atomic E-state index is 13.3. The van der Waals surface area contributed by atoms with Gasteiger partial charge in [-0.3, -0.25) is 0 Å². The Balaban J connectivity index is 2.49. The van der Waals surface area contributed by atoms with Gasteiger partial charge < -0.3 is 5.32 Å². The van der Waals surface area contributed by atoms with Gasteiger partial charge in [0.25, 0.3) is 0 Å². The van der Waals surface area contributed by atoms with E-state index in [1.807, 2.05) is 24.8 Å². The number of benzene rings is 1. The molecule has 3 heteroatoms. The molecule has 1 rings (SSSR count). The van der Waals surface area contributed by atoms with Crippen LogP contribution in [0.15, 0.2) is 18.2 Å². The average Bonchev–Trinajstić information content (AvgIpc) is 2.16. The molecule has 1 N–H and O–H groups in total. The second-order valence-corrected chi connectivity index (χ2v) is 4.19. The van der Waals surface area contributed by atoms with Gasteiger partial charge in [-0.2, -0.15) is 11.8 Å². The molecule has 0 fully saturated rings. The third kappa shape index (κ3) is 3.22. The van der Waals surface area contributed by atoms with Crippen LogP contribution in [0.3, 0.4) is 0 Å². The van der Waals surface area contributed by atoms with Crippen LogP contribution in [0.5, 0.6) is 0 Å². The highest BCUT2D eigenvalue weighted by atomic mass is 32.2. The minimum Gasteiger partial charge on any atom is -0.382 e. The summed E-state index contributed by atoms with van der Waals surface area (Å²) in [5.41, 5.74) is 1.61. The third-order valence-electron chi connectivity index (χ3n) is 2.05. The van der Waals surface area contributed by atoms with Gasteiger partial charge in [0, 0.05) is 6.54 Å². The Kier molecular flexibility index (Phi) is 4.80. The lowest BCUT2D eigenvalue weighted by Crippen LogP contribution is -2.05. The third-order valence-corrected chi connectivity index (χ3v) is 2.75. The molecule has 0 radical (unpaired) electrons. The molecule has 0 amide bonds. The Labute approximate surface area is 89.1 Å². The Morgan fingerprint density at radius 3 is 2.86 bits per heavy atom. The topological polar surface area (TPSA) is 12.0 Å². The number of halogens is 1. The van der Waals surface area contributed by atoms with Crippen molar-refractivity contribution in [2.24, 2.45) is 0 Å². The molecule has 0 atom stereocenters. The summed E-state index contributed by atoms with van der Waals surface area (Å²) in [5, 5.41) is 3.13. The summed E-state index contributed by atoms with van der Waals surface area (Å²) in [6, 6.07) is 5.14. The monoisotopic (exact) mass is 213 g/mol. The standard InChI is InChI=1S/C11H16FNS/c1-9-5-3-6-10(12)11(9)13-7-4-8-14-2/h3,5-6,13H,4,7-8H2,1-2H3. The predicted molar refractivity (Wildman–Crippen MR) is 62.6 cm³/mol. The fourth-order valence-corrected chi connectivity index (χ4v) is 1.72. The van der Waals surface area contributed by atoms with Gasteiger partial charge >= 0.3 is 0 Å². The number of rotatable bonds is 5. The number of thioether (sulfide) groups is 1. The van der Waals surface area contributed by atoms with Crippen molar-refractivity contribution < 1.29 is 4.39 Å². The van der Waals surface area contributed by atoms with E-state index in [0.717, 1.165) is 24.3 Å². The van der Waals surface area contributed by atoms with Crippen LogP contribution >= 0.6 is 11.8 Å². The van der Waals surface area contributed by atoms with E-state index in [4.69, 9.17) is 0 Å². The molecule has 1 aromatic carbocycles. The van der Waals surface area contributed by atoms with Crippen LogP contribution in [0.4, 0.5) is 10.1 Å². The summed E-state index contributed by atoms with van der Waals surface area (Å²) in [4.78, 5) is 0. The number of anilines is 1. The number of aryl methyl sites for hydroxylation is 1. The van der Waals surface area contributed by atoms with Gasteiger partial charge in [0.15, 0.2) is 0 Å². The van der Waals surface area contributed by atoms with Crippen LogP contribution in [-0.2, 0) is 0 Å². The minimum absolute atomic E-state index is 0.158. The van der Waals surface area contributed by atoms with Gasteiger partial charge in [-0.25, -0.2) is 4.39 Å². The highest BCUT2D eigenvalue weighted by Gasteiger charge is 2.02. The number of hydrogen-bond donors (Lipinski definition) is 1. The van der Waals surface area contributed by atoms with Crippen LogP contribution in [0.1, 0.15) is 12.0 Å². The first-order chi connectivity index (χ1) is 6.75. The zero-order chi connectivity index (χ0) is 10.4. The van der Waals surface area contributed by atoms with Crippen LogP contribution in [0, 0.1) is 12.7 Å². The Morgan fingerprint density at radius 1 is 1.43 bits per heavy atom. The molecule has 0 aromatic heterocycles. The number of para-hydroxylation sites is 1. The molecule has 78 valence electrons. The Bertz CT molecular complexity index is 268. The first kappa shape index (κ1) is 11.4. The summed E-state index contributed by atoms with van der Waals surface area (Å²) in [6.45, 7) is 2.75. The molecule has 0 heterocycles. The van der Waals surface area contributed by atoms with Gasteiger partial charge in [0.1, 0.15) is 5.82 Å². The molecular weight excluding hydrogens is 197 g/mol. The lowest BCUT2D eigenvalue weighted by molar-refractivity contribution is 0.629. The van der Waals surface area contributed by atoms with E-state index < -0.39 is 0 Å². The van der Waals surface area contributed by atoms with E-state index in [9.17, 15) is 4.39 Å². The Morgan fingerprint density at radius 2 is 2.21 bits per heavy atom. The lowest BCUT2D eigenvalue weighted by Gasteiger charge is -2.09. The van der Waals surface area contributed by atoms with Crippen LogP contribution in [-0.4, -0.2) is 18.6 Å². The fourth-order valence-electron chi connectivity index (χ4n) is 1.29. The summed E-state index contributed by atoms with van der Waals surface area (Å²) < 4.78 is 13.3. The number of nitrogens with one attached hydrogen (secondary N) is 1. The summed E-state index contributed by atoms with van der Waals surface area (Å²) in [6.07, 6.45) is 3.14. The van der Waals surface area contributed by atoms with Gasteiger partial charge in [0.2, 0.25) is 0 Å². The first-order valence-corrected chi connectivity index (χ1v) is 6.13. The molecule has 0 spiro atoms. The number of hydrogen-bond acceptors (Lipinski definition) is 2. The van der Waals surface area contributed by atoms with Crippen molar-refractivity contribution in [1.29, 1.82) is 0 Å². The van der Waals surface area contributed by atoms with Crippen LogP contribution in [0.2, 0.25) is 0 Å². The van der Waals surface area contributed by atoms with Crippen molar-refractivity contribution in [1.82, 2.24) is 0 Å². The van der Waals surface area contributed by atoms with E-state index in [-0.39, 0.29) is 5.82 Å². The molecule has 14 heavy (non-hydrogen) atoms. The van der Waals surface area contributed by atoms with Gasteiger partial charge in [-0.05, 0) is 37.0 Å². The molecule has 0 aliphatic heterocycles. The van der Waals surface area contributed by atoms with Crippen molar-refractivity contribution >= 4 is 17.4 Å². The highest BCUT2D eigenvalue weighted by Crippen LogP contribution is 2.18. The zero-order valence-electron chi connectivity index (χ0n) is 8.64. The molecule has 1 nitrogen and oxygen atoms in total. The SMILES string of the molecule is CSCCCNc1c(C)cccc1F. The van der Waals surface area contributed by atoms with E-state index in [0.29, 0.717) is 5.69 Å². The van der Waals surface area contributed by atoms with Gasteiger partial charge in [0.05, 0.1) is 5.69 Å². The molecule has 0 unspecified atom stereocenters. The van der Waals surface area contributed by atoms with E-state index in [2.05, 4.69) is 11.6 Å². The first-order valence-electron chi connectivity index (χ1n) is 4.73. The van der Waals surface area contributed by atoms with Crippen molar-refractivity contribution in [3.8, 4) is 0 Å². The van der Waals surface area contributed by atoms with E-state index >= 15 is 0 Å². The maximum Gasteiger partial charge on any atom is 0.146 e. The van der Waals surface area contributed by atoms with Crippen molar-refractivity contribution in [2.75, 3.05) is 23.9 Å². The van der Waals surface area contributed by atoms with Crippen molar-refractivity contribution in [2.45, 2.75) is 13.3 Å². The van der Waals surface area contributed by atoms with Crippen LogP contribution in [0.25, 0.3) is 0 Å². The fraction of sp³-hybridized carbons (Fsp3) is 0.455. The van der Waals surface area contributed by atoms with Crippen LogP contribution < -0.4 is 5.32 Å². The summed E-state index contributed by atoms with van der Waals surface area (Å²) in [5.74, 6) is 0.953. The largest absolute Gasteiger partial charge is 0.382 e. The second-order valence-electron chi connectivity index (χ2n) is 3.20. The highest BCUT2D eigenvalue weighted by molar-refractivity contribution is 7.98. The zero-order valence-corrected chi connectivity index (χ0v) is 9.46. The second kappa shape index (κ2) is 5.91. The molecule has 0 bridgehead atoms. The Hall–Kier alpha value is -0.700. The lowest BCUT2D eigenvalue weighted by atomic mass is 10.2.